The van der Waals surface area contributed by atoms with Crippen LogP contribution in [-0.4, -0.2) is 76.6 Å². The summed E-state index contributed by atoms with van der Waals surface area (Å²) in [4.78, 5) is 21.6. The van der Waals surface area contributed by atoms with Gasteiger partial charge in [-0.15, -0.1) is 11.3 Å². The third kappa shape index (κ3) is 5.88. The molecule has 8 nitrogen and oxygen atoms in total. The van der Waals surface area contributed by atoms with E-state index in [0.29, 0.717) is 55.4 Å². The van der Waals surface area contributed by atoms with Gasteiger partial charge in [0.05, 0.1) is 36.1 Å². The number of carbonyl (C=O) groups excluding carboxylic acids is 1. The Morgan fingerprint density at radius 3 is 2.58 bits per heavy atom. The Labute approximate surface area is 280 Å². The molecule has 248 valence electrons. The quantitative estimate of drug-likeness (QED) is 0.117. The number of rotatable bonds is 10. The van der Waals surface area contributed by atoms with Crippen molar-refractivity contribution in [3.8, 4) is 39.5 Å². The lowest BCUT2D eigenvalue weighted by atomic mass is 9.96. The molecule has 1 unspecified atom stereocenters. The molecule has 0 bridgehead atoms. The molecule has 1 atom stereocenters. The van der Waals surface area contributed by atoms with E-state index in [0.717, 1.165) is 33.0 Å². The number of alkyl halides is 1. The van der Waals surface area contributed by atoms with Crippen LogP contribution in [0.4, 0.5) is 13.2 Å². The molecule has 12 heteroatoms. The SMILES string of the molecule is C=CC(=O)N1CCn2nc(-c3nc(-c4ccc(CN5CC(F)C5)cc4)c4ccsc4c3-c3c(F)cc(F)cc3OCCOC)cc2C1C. The maximum absolute atomic E-state index is 16.1. The first kappa shape index (κ1) is 32.0. The van der Waals surface area contributed by atoms with Crippen LogP contribution in [0.2, 0.25) is 0 Å². The first-order valence-electron chi connectivity index (χ1n) is 15.7. The number of halogens is 3. The molecule has 1 amide bonds. The molecule has 48 heavy (non-hydrogen) atoms. The first-order valence-corrected chi connectivity index (χ1v) is 16.6. The summed E-state index contributed by atoms with van der Waals surface area (Å²) < 4.78 is 57.7. The second-order valence-corrected chi connectivity index (χ2v) is 12.9. The van der Waals surface area contributed by atoms with Crippen molar-refractivity contribution in [3.05, 3.63) is 89.5 Å². The Morgan fingerprint density at radius 1 is 1.06 bits per heavy atom. The van der Waals surface area contributed by atoms with Gasteiger partial charge in [0, 0.05) is 66.6 Å². The maximum atomic E-state index is 16.1. The average molecular weight is 674 g/mol. The minimum atomic E-state index is -0.793. The summed E-state index contributed by atoms with van der Waals surface area (Å²) in [6.07, 6.45) is 0.533. The van der Waals surface area contributed by atoms with Crippen molar-refractivity contribution in [2.75, 3.05) is 40.0 Å². The lowest BCUT2D eigenvalue weighted by Crippen LogP contribution is -2.47. The monoisotopic (exact) mass is 673 g/mol. The number of aromatic nitrogens is 3. The highest BCUT2D eigenvalue weighted by molar-refractivity contribution is 7.18. The molecule has 0 saturated carbocycles. The molecule has 1 fully saturated rings. The van der Waals surface area contributed by atoms with E-state index in [1.165, 1.54) is 30.6 Å². The van der Waals surface area contributed by atoms with E-state index in [4.69, 9.17) is 19.6 Å². The molecule has 2 aliphatic heterocycles. The normalized spacial score (nSPS) is 16.6. The van der Waals surface area contributed by atoms with Crippen LogP contribution < -0.4 is 4.74 Å². The minimum absolute atomic E-state index is 0.0287. The molecule has 0 radical (unpaired) electrons. The Kier molecular flexibility index (Phi) is 8.80. The summed E-state index contributed by atoms with van der Waals surface area (Å²) in [6, 6.07) is 13.5. The predicted molar refractivity (Wildman–Crippen MR) is 179 cm³/mol. The highest BCUT2D eigenvalue weighted by atomic mass is 32.1. The van der Waals surface area contributed by atoms with Crippen molar-refractivity contribution < 1.29 is 27.4 Å². The van der Waals surface area contributed by atoms with Crippen molar-refractivity contribution in [3.63, 3.8) is 0 Å². The van der Waals surface area contributed by atoms with E-state index in [1.807, 2.05) is 53.4 Å². The Morgan fingerprint density at radius 2 is 1.85 bits per heavy atom. The summed E-state index contributed by atoms with van der Waals surface area (Å²) in [5.41, 5.74) is 4.78. The third-order valence-corrected chi connectivity index (χ3v) is 9.86. The summed E-state index contributed by atoms with van der Waals surface area (Å²) >= 11 is 1.42. The fourth-order valence-electron chi connectivity index (χ4n) is 6.50. The van der Waals surface area contributed by atoms with Crippen LogP contribution in [0.15, 0.2) is 66.6 Å². The Hall–Kier alpha value is -4.52. The standard InChI is InChI=1S/C36H34F3N5O3S/c1-4-31(45)43-10-11-44-29(21(43)2)17-28(41-44)35-33(32-27(39)15-24(37)16-30(32)47-13-12-46-3)36-26(9-14-48-36)34(40-35)23-7-5-22(6-8-23)18-42-19-25(38)20-42/h4-9,14-17,21,25H,1,10-13,18-20H2,2-3H3. The van der Waals surface area contributed by atoms with E-state index < -0.39 is 17.8 Å². The van der Waals surface area contributed by atoms with Crippen LogP contribution in [0.1, 0.15) is 24.2 Å². The average Bonchev–Trinajstić information content (AvgIpc) is 3.73. The maximum Gasteiger partial charge on any atom is 0.246 e. The van der Waals surface area contributed by atoms with Gasteiger partial charge in [-0.2, -0.15) is 5.10 Å². The molecule has 5 aromatic rings. The van der Waals surface area contributed by atoms with Crippen molar-refractivity contribution >= 4 is 27.3 Å². The number of fused-ring (bicyclic) bond motifs is 2. The smallest absolute Gasteiger partial charge is 0.246 e. The lowest BCUT2D eigenvalue weighted by molar-refractivity contribution is -0.129. The fourth-order valence-corrected chi connectivity index (χ4v) is 7.45. The number of methoxy groups -OCH3 is 1. The zero-order valence-corrected chi connectivity index (χ0v) is 27.4. The molecule has 1 saturated heterocycles. The van der Waals surface area contributed by atoms with Crippen LogP contribution in [0, 0.1) is 11.6 Å². The minimum Gasteiger partial charge on any atom is -0.490 e. The Bertz CT molecular complexity index is 2000. The number of amides is 1. The second kappa shape index (κ2) is 13.2. The molecule has 2 aliphatic rings. The number of hydrogen-bond donors (Lipinski definition) is 0. The van der Waals surface area contributed by atoms with Crippen LogP contribution >= 0.6 is 11.3 Å². The number of pyridine rings is 1. The molecule has 0 aliphatic carbocycles. The summed E-state index contributed by atoms with van der Waals surface area (Å²) in [7, 11) is 1.52. The molecule has 2 aromatic carbocycles. The third-order valence-electron chi connectivity index (χ3n) is 8.93. The Balaban J connectivity index is 1.41. The number of nitrogens with zero attached hydrogens (tertiary/aromatic N) is 5. The largest absolute Gasteiger partial charge is 0.490 e. The summed E-state index contributed by atoms with van der Waals surface area (Å²) in [6.45, 7) is 8.33. The molecular weight excluding hydrogens is 639 g/mol. The highest BCUT2D eigenvalue weighted by Gasteiger charge is 2.31. The number of ether oxygens (including phenoxy) is 2. The number of thiophene rings is 1. The van der Waals surface area contributed by atoms with E-state index in [2.05, 4.69) is 11.5 Å². The van der Waals surface area contributed by atoms with Crippen LogP contribution in [-0.2, 0) is 22.6 Å². The van der Waals surface area contributed by atoms with Gasteiger partial charge in [0.2, 0.25) is 5.91 Å². The zero-order chi connectivity index (χ0) is 33.5. The van der Waals surface area contributed by atoms with E-state index >= 15 is 4.39 Å². The molecule has 0 N–H and O–H groups in total. The van der Waals surface area contributed by atoms with Crippen LogP contribution in [0.5, 0.6) is 5.75 Å². The lowest BCUT2D eigenvalue weighted by Gasteiger charge is -2.34. The van der Waals surface area contributed by atoms with Crippen LogP contribution in [0.25, 0.3) is 43.9 Å². The van der Waals surface area contributed by atoms with Crippen molar-refractivity contribution in [2.45, 2.75) is 32.2 Å². The number of likely N-dealkylation sites (tertiary alicyclic amines) is 1. The summed E-state index contributed by atoms with van der Waals surface area (Å²) in [5.74, 6) is -1.71. The molecule has 5 heterocycles. The van der Waals surface area contributed by atoms with E-state index in [9.17, 15) is 13.6 Å². The topological polar surface area (TPSA) is 72.7 Å². The van der Waals surface area contributed by atoms with Gasteiger partial charge < -0.3 is 14.4 Å². The molecule has 0 spiro atoms. The van der Waals surface area contributed by atoms with Gasteiger partial charge in [0.1, 0.15) is 41.6 Å². The van der Waals surface area contributed by atoms with Gasteiger partial charge in [0.15, 0.2) is 0 Å². The number of hydrogen-bond acceptors (Lipinski definition) is 7. The van der Waals surface area contributed by atoms with Gasteiger partial charge in [-0.05, 0) is 36.1 Å². The zero-order valence-electron chi connectivity index (χ0n) is 26.6. The summed E-state index contributed by atoms with van der Waals surface area (Å²) in [5, 5.41) is 7.64. The van der Waals surface area contributed by atoms with Gasteiger partial charge in [0.25, 0.3) is 0 Å². The van der Waals surface area contributed by atoms with E-state index in [1.54, 1.807) is 4.90 Å². The van der Waals surface area contributed by atoms with Crippen molar-refractivity contribution in [1.29, 1.82) is 0 Å². The number of carbonyl (C=O) groups is 1. The highest BCUT2D eigenvalue weighted by Crippen LogP contribution is 2.47. The fraction of sp³-hybridized carbons (Fsp3) is 0.306. The van der Waals surface area contributed by atoms with Gasteiger partial charge >= 0.3 is 0 Å². The van der Waals surface area contributed by atoms with Crippen molar-refractivity contribution in [2.24, 2.45) is 0 Å². The molecular formula is C36H34F3N5O3S. The van der Waals surface area contributed by atoms with Gasteiger partial charge in [-0.3, -0.25) is 14.4 Å². The molecule has 7 rings (SSSR count). The van der Waals surface area contributed by atoms with E-state index in [-0.39, 0.29) is 36.5 Å². The van der Waals surface area contributed by atoms with Crippen molar-refractivity contribution in [1.82, 2.24) is 24.6 Å². The second-order valence-electron chi connectivity index (χ2n) is 12.0. The first-order chi connectivity index (χ1) is 23.2. The van der Waals surface area contributed by atoms with Gasteiger partial charge in [-0.25, -0.2) is 18.2 Å². The van der Waals surface area contributed by atoms with Crippen LogP contribution in [0.3, 0.4) is 0 Å². The molecule has 3 aromatic heterocycles. The predicted octanol–water partition coefficient (Wildman–Crippen LogP) is 7.04. The number of benzene rings is 2. The van der Waals surface area contributed by atoms with Gasteiger partial charge in [-0.1, -0.05) is 30.8 Å².